The molecule has 1 atom stereocenters. The molecule has 0 aliphatic rings. The van der Waals surface area contributed by atoms with E-state index in [2.05, 4.69) is 15.3 Å². The van der Waals surface area contributed by atoms with Crippen LogP contribution in [0.3, 0.4) is 0 Å². The first-order valence-corrected chi connectivity index (χ1v) is 6.41. The molecule has 0 radical (unpaired) electrons. The number of aliphatic carboxylic acids is 1. The summed E-state index contributed by atoms with van der Waals surface area (Å²) in [5.74, 6) is -0.194. The number of nitrogens with zero attached hydrogens (tertiary/aromatic N) is 2. The molecule has 1 unspecified atom stereocenters. The highest BCUT2D eigenvalue weighted by atomic mass is 16.5. The highest BCUT2D eigenvalue weighted by Crippen LogP contribution is 2.20. The second kappa shape index (κ2) is 6.36. The third kappa shape index (κ3) is 4.08. The molecule has 0 aromatic carbocycles. The van der Waals surface area contributed by atoms with Crippen molar-refractivity contribution in [3.8, 4) is 5.88 Å². The van der Waals surface area contributed by atoms with Crippen molar-refractivity contribution in [3.05, 3.63) is 11.8 Å². The predicted octanol–water partition coefficient (Wildman–Crippen LogP) is 2.24. The molecule has 19 heavy (non-hydrogen) atoms. The Bertz CT molecular complexity index is 451. The Kier molecular flexibility index (Phi) is 5.09. The number of carboxylic acids is 1. The first-order chi connectivity index (χ1) is 8.91. The fraction of sp³-hybridized carbons (Fsp3) is 0.615. The van der Waals surface area contributed by atoms with Crippen molar-refractivity contribution < 1.29 is 14.6 Å². The zero-order valence-corrected chi connectivity index (χ0v) is 11.9. The Morgan fingerprint density at radius 2 is 2.16 bits per heavy atom. The molecule has 0 fully saturated rings. The van der Waals surface area contributed by atoms with Crippen LogP contribution in [-0.4, -0.2) is 33.2 Å². The molecular weight excluding hydrogens is 246 g/mol. The number of carbonyl (C=O) groups is 1. The summed E-state index contributed by atoms with van der Waals surface area (Å²) in [7, 11) is 0. The monoisotopic (exact) mass is 267 g/mol. The van der Waals surface area contributed by atoms with Gasteiger partial charge in [0.15, 0.2) is 0 Å². The molecule has 0 aliphatic heterocycles. The maximum atomic E-state index is 11.4. The summed E-state index contributed by atoms with van der Waals surface area (Å²) >= 11 is 0. The third-order valence-corrected chi connectivity index (χ3v) is 2.73. The SMILES string of the molecule is CCCC(C)(Nc1nc(C)cc(OCC)n1)C(=O)O. The van der Waals surface area contributed by atoms with Crippen LogP contribution >= 0.6 is 0 Å². The lowest BCUT2D eigenvalue weighted by Gasteiger charge is -2.25. The van der Waals surface area contributed by atoms with Crippen LogP contribution in [0.4, 0.5) is 5.95 Å². The number of hydrogen-bond donors (Lipinski definition) is 2. The number of carboxylic acid groups (broad SMARTS) is 1. The molecule has 1 rings (SSSR count). The summed E-state index contributed by atoms with van der Waals surface area (Å²) in [5, 5.41) is 12.2. The zero-order valence-electron chi connectivity index (χ0n) is 11.9. The van der Waals surface area contributed by atoms with Gasteiger partial charge in [-0.3, -0.25) is 0 Å². The van der Waals surface area contributed by atoms with Crippen molar-refractivity contribution in [2.45, 2.75) is 46.1 Å². The molecule has 0 amide bonds. The van der Waals surface area contributed by atoms with Crippen molar-refractivity contribution in [1.29, 1.82) is 0 Å². The fourth-order valence-corrected chi connectivity index (χ4v) is 1.79. The lowest BCUT2D eigenvalue weighted by molar-refractivity contribution is -0.142. The van der Waals surface area contributed by atoms with Crippen LogP contribution in [0.15, 0.2) is 6.07 Å². The van der Waals surface area contributed by atoms with Gasteiger partial charge in [0.05, 0.1) is 6.61 Å². The number of nitrogens with one attached hydrogen (secondary N) is 1. The quantitative estimate of drug-likeness (QED) is 0.788. The van der Waals surface area contributed by atoms with Gasteiger partial charge in [-0.15, -0.1) is 0 Å². The minimum Gasteiger partial charge on any atom is -0.480 e. The Labute approximate surface area is 113 Å². The minimum atomic E-state index is -1.08. The molecule has 0 saturated carbocycles. The maximum Gasteiger partial charge on any atom is 0.329 e. The van der Waals surface area contributed by atoms with E-state index in [-0.39, 0.29) is 5.95 Å². The van der Waals surface area contributed by atoms with Crippen molar-refractivity contribution in [2.75, 3.05) is 11.9 Å². The van der Waals surface area contributed by atoms with Crippen LogP contribution in [0.5, 0.6) is 5.88 Å². The topological polar surface area (TPSA) is 84.3 Å². The standard InChI is InChI=1S/C13H21N3O3/c1-5-7-13(4,11(17)18)16-12-14-9(3)8-10(15-12)19-6-2/h8H,5-7H2,1-4H3,(H,17,18)(H,14,15,16). The number of hydrogen-bond acceptors (Lipinski definition) is 5. The summed E-state index contributed by atoms with van der Waals surface area (Å²) in [6.07, 6.45) is 1.24. The number of anilines is 1. The summed E-state index contributed by atoms with van der Waals surface area (Å²) in [5.41, 5.74) is -0.350. The molecule has 106 valence electrons. The molecule has 6 heteroatoms. The second-order valence-electron chi connectivity index (χ2n) is 4.62. The molecule has 0 bridgehead atoms. The fourth-order valence-electron chi connectivity index (χ4n) is 1.79. The van der Waals surface area contributed by atoms with Crippen LogP contribution in [0.1, 0.15) is 39.3 Å². The summed E-state index contributed by atoms with van der Waals surface area (Å²) in [6.45, 7) is 7.74. The van der Waals surface area contributed by atoms with Crippen LogP contribution < -0.4 is 10.1 Å². The lowest BCUT2D eigenvalue weighted by atomic mass is 9.97. The van der Waals surface area contributed by atoms with Gasteiger partial charge in [-0.05, 0) is 27.2 Å². The van der Waals surface area contributed by atoms with Crippen molar-refractivity contribution in [2.24, 2.45) is 0 Å². The van der Waals surface area contributed by atoms with Crippen LogP contribution in [-0.2, 0) is 4.79 Å². The first-order valence-electron chi connectivity index (χ1n) is 6.41. The van der Waals surface area contributed by atoms with Gasteiger partial charge in [0, 0.05) is 11.8 Å². The molecular formula is C13H21N3O3. The lowest BCUT2D eigenvalue weighted by Crippen LogP contribution is -2.43. The van der Waals surface area contributed by atoms with Gasteiger partial charge in [-0.1, -0.05) is 13.3 Å². The smallest absolute Gasteiger partial charge is 0.329 e. The highest BCUT2D eigenvalue weighted by Gasteiger charge is 2.33. The van der Waals surface area contributed by atoms with E-state index in [0.717, 1.165) is 12.1 Å². The van der Waals surface area contributed by atoms with Gasteiger partial charge in [-0.2, -0.15) is 4.98 Å². The molecule has 0 saturated heterocycles. The summed E-state index contributed by atoms with van der Waals surface area (Å²) < 4.78 is 5.32. The van der Waals surface area contributed by atoms with Crippen LogP contribution in [0, 0.1) is 6.92 Å². The Balaban J connectivity index is 2.99. The number of ether oxygens (including phenoxy) is 1. The van der Waals surface area contributed by atoms with Crippen LogP contribution in [0.25, 0.3) is 0 Å². The Morgan fingerprint density at radius 3 is 2.68 bits per heavy atom. The molecule has 2 N–H and O–H groups in total. The molecule has 1 heterocycles. The van der Waals surface area contributed by atoms with E-state index in [9.17, 15) is 9.90 Å². The van der Waals surface area contributed by atoms with Gasteiger partial charge in [0.2, 0.25) is 11.8 Å². The Morgan fingerprint density at radius 1 is 1.47 bits per heavy atom. The summed E-state index contributed by atoms with van der Waals surface area (Å²) in [6, 6.07) is 1.71. The number of aromatic nitrogens is 2. The normalized spacial score (nSPS) is 13.7. The van der Waals surface area contributed by atoms with Gasteiger partial charge < -0.3 is 15.2 Å². The molecule has 6 nitrogen and oxygen atoms in total. The van der Waals surface area contributed by atoms with E-state index in [1.807, 2.05) is 20.8 Å². The molecule has 1 aromatic rings. The largest absolute Gasteiger partial charge is 0.480 e. The van der Waals surface area contributed by atoms with Crippen molar-refractivity contribution in [3.63, 3.8) is 0 Å². The van der Waals surface area contributed by atoms with E-state index in [1.165, 1.54) is 0 Å². The number of aryl methyl sites for hydroxylation is 1. The molecule has 0 spiro atoms. The van der Waals surface area contributed by atoms with Gasteiger partial charge >= 0.3 is 5.97 Å². The molecule has 0 aliphatic carbocycles. The van der Waals surface area contributed by atoms with Crippen molar-refractivity contribution >= 4 is 11.9 Å². The zero-order chi connectivity index (χ0) is 14.5. The minimum absolute atomic E-state index is 0.279. The number of rotatable bonds is 7. The van der Waals surface area contributed by atoms with Gasteiger partial charge in [0.1, 0.15) is 5.54 Å². The highest BCUT2D eigenvalue weighted by molar-refractivity contribution is 5.81. The summed E-state index contributed by atoms with van der Waals surface area (Å²) in [4.78, 5) is 19.7. The van der Waals surface area contributed by atoms with E-state index < -0.39 is 11.5 Å². The van der Waals surface area contributed by atoms with Gasteiger partial charge in [-0.25, -0.2) is 9.78 Å². The Hall–Kier alpha value is -1.85. The first kappa shape index (κ1) is 15.2. The van der Waals surface area contributed by atoms with Gasteiger partial charge in [0.25, 0.3) is 0 Å². The van der Waals surface area contributed by atoms with E-state index >= 15 is 0 Å². The average Bonchev–Trinajstić information content (AvgIpc) is 2.28. The van der Waals surface area contributed by atoms with Crippen LogP contribution in [0.2, 0.25) is 0 Å². The second-order valence-corrected chi connectivity index (χ2v) is 4.62. The molecule has 1 aromatic heterocycles. The third-order valence-electron chi connectivity index (χ3n) is 2.73. The van der Waals surface area contributed by atoms with E-state index in [0.29, 0.717) is 18.9 Å². The van der Waals surface area contributed by atoms with Crippen molar-refractivity contribution in [1.82, 2.24) is 9.97 Å². The van der Waals surface area contributed by atoms with E-state index in [4.69, 9.17) is 4.74 Å². The van der Waals surface area contributed by atoms with E-state index in [1.54, 1.807) is 13.0 Å². The maximum absolute atomic E-state index is 11.4. The average molecular weight is 267 g/mol. The predicted molar refractivity (Wildman–Crippen MR) is 72.5 cm³/mol.